The Morgan fingerprint density at radius 1 is 0.961 bits per heavy atom. The van der Waals surface area contributed by atoms with Crippen molar-refractivity contribution in [3.8, 4) is 11.1 Å². The molecule has 278 valence electrons. The van der Waals surface area contributed by atoms with Crippen molar-refractivity contribution in [1.29, 1.82) is 0 Å². The van der Waals surface area contributed by atoms with Crippen molar-refractivity contribution < 1.29 is 36.3 Å². The van der Waals surface area contributed by atoms with Gasteiger partial charge in [-0.15, -0.1) is 0 Å². The van der Waals surface area contributed by atoms with Gasteiger partial charge in [0.1, 0.15) is 17.7 Å². The van der Waals surface area contributed by atoms with Crippen LogP contribution in [0.4, 0.5) is 22.0 Å². The average Bonchev–Trinajstić information content (AvgIpc) is 2.99. The van der Waals surface area contributed by atoms with E-state index in [1.165, 1.54) is 13.0 Å². The Hall–Kier alpha value is -4.06. The summed E-state index contributed by atoms with van der Waals surface area (Å²) in [5.74, 6) is -3.87. The lowest BCUT2D eigenvalue weighted by molar-refractivity contribution is -0.144. The van der Waals surface area contributed by atoms with Gasteiger partial charge in [0.05, 0.1) is 24.6 Å². The Morgan fingerprint density at radius 2 is 1.61 bits per heavy atom. The molecule has 0 radical (unpaired) electrons. The van der Waals surface area contributed by atoms with Crippen LogP contribution >= 0.6 is 0 Å². The molecule has 1 amide bonds. The first kappa shape index (κ1) is 39.7. The number of alkyl halides is 3. The lowest BCUT2D eigenvalue weighted by Gasteiger charge is -2.30. The SMILES string of the molecule is CCOC(=O)C[C@H](NC(=O)C(CC(C)C)n1cc(CCCN2CCC2)c(C(F)(F)F)cc1=O)c1c(F)c(C)cc(-c2c(C)cc(C)cc2C)c1F. The average molecular weight is 718 g/mol. The summed E-state index contributed by atoms with van der Waals surface area (Å²) in [6.45, 7) is 14.4. The van der Waals surface area contributed by atoms with Crippen molar-refractivity contribution >= 4 is 11.9 Å². The maximum Gasteiger partial charge on any atom is 0.416 e. The van der Waals surface area contributed by atoms with Gasteiger partial charge >= 0.3 is 12.1 Å². The smallest absolute Gasteiger partial charge is 0.416 e. The van der Waals surface area contributed by atoms with Crippen LogP contribution < -0.4 is 10.9 Å². The fourth-order valence-electron chi connectivity index (χ4n) is 6.96. The van der Waals surface area contributed by atoms with E-state index in [1.807, 2.05) is 32.9 Å². The van der Waals surface area contributed by atoms with Crippen molar-refractivity contribution in [2.75, 3.05) is 26.2 Å². The molecule has 12 heteroatoms. The van der Waals surface area contributed by atoms with E-state index >= 15 is 8.78 Å². The normalized spacial score (nSPS) is 14.7. The van der Waals surface area contributed by atoms with Gasteiger partial charge in [-0.25, -0.2) is 8.78 Å². The fourth-order valence-corrected chi connectivity index (χ4v) is 6.96. The molecule has 1 fully saturated rings. The fraction of sp³-hybridized carbons (Fsp3) is 0.513. The molecule has 51 heavy (non-hydrogen) atoms. The highest BCUT2D eigenvalue weighted by Crippen LogP contribution is 2.38. The molecule has 0 spiro atoms. The van der Waals surface area contributed by atoms with Gasteiger partial charge in [-0.3, -0.25) is 14.4 Å². The number of aryl methyl sites for hydroxylation is 5. The predicted octanol–water partition coefficient (Wildman–Crippen LogP) is 8.08. The molecule has 1 aromatic heterocycles. The third kappa shape index (κ3) is 9.44. The van der Waals surface area contributed by atoms with E-state index in [1.54, 1.807) is 20.8 Å². The quantitative estimate of drug-likeness (QED) is 0.135. The number of rotatable bonds is 14. The van der Waals surface area contributed by atoms with Gasteiger partial charge in [0.15, 0.2) is 0 Å². The van der Waals surface area contributed by atoms with Gasteiger partial charge < -0.3 is 19.5 Å². The lowest BCUT2D eigenvalue weighted by atomic mass is 9.88. The van der Waals surface area contributed by atoms with E-state index in [-0.39, 0.29) is 42.1 Å². The van der Waals surface area contributed by atoms with Crippen molar-refractivity contribution in [1.82, 2.24) is 14.8 Å². The number of aromatic nitrogens is 1. The number of carbonyl (C=O) groups is 2. The lowest BCUT2D eigenvalue weighted by Crippen LogP contribution is -2.41. The first-order valence-corrected chi connectivity index (χ1v) is 17.5. The Labute approximate surface area is 296 Å². The van der Waals surface area contributed by atoms with Crippen LogP contribution in [0.2, 0.25) is 0 Å². The van der Waals surface area contributed by atoms with E-state index in [0.29, 0.717) is 24.6 Å². The van der Waals surface area contributed by atoms with Crippen LogP contribution in [0.1, 0.15) is 97.5 Å². The largest absolute Gasteiger partial charge is 0.466 e. The van der Waals surface area contributed by atoms with E-state index in [4.69, 9.17) is 4.74 Å². The number of hydrogen-bond donors (Lipinski definition) is 1. The highest BCUT2D eigenvalue weighted by atomic mass is 19.4. The summed E-state index contributed by atoms with van der Waals surface area (Å²) in [4.78, 5) is 42.5. The zero-order valence-corrected chi connectivity index (χ0v) is 30.4. The van der Waals surface area contributed by atoms with Crippen molar-refractivity contribution in [3.05, 3.63) is 91.4 Å². The number of carbonyl (C=O) groups excluding carboxylic acids is 2. The molecule has 7 nitrogen and oxygen atoms in total. The van der Waals surface area contributed by atoms with Crippen molar-refractivity contribution in [2.45, 2.75) is 98.8 Å². The van der Waals surface area contributed by atoms with Gasteiger partial charge in [0, 0.05) is 23.4 Å². The van der Waals surface area contributed by atoms with Gasteiger partial charge in [0.2, 0.25) is 5.91 Å². The zero-order valence-electron chi connectivity index (χ0n) is 30.4. The number of nitrogens with one attached hydrogen (secondary N) is 1. The predicted molar refractivity (Wildman–Crippen MR) is 186 cm³/mol. The minimum atomic E-state index is -4.79. The molecular formula is C39H48F5N3O4. The topological polar surface area (TPSA) is 80.6 Å². The number of pyridine rings is 1. The number of halogens is 5. The Bertz CT molecular complexity index is 1790. The number of hydrogen-bond acceptors (Lipinski definition) is 5. The van der Waals surface area contributed by atoms with Gasteiger partial charge in [-0.05, 0) is 120 Å². The molecule has 1 saturated heterocycles. The van der Waals surface area contributed by atoms with Crippen LogP contribution in [0.15, 0.2) is 35.3 Å². The zero-order chi connectivity index (χ0) is 37.8. The van der Waals surface area contributed by atoms with E-state index in [9.17, 15) is 27.6 Å². The molecule has 1 unspecified atom stereocenters. The first-order valence-electron chi connectivity index (χ1n) is 17.5. The number of ether oxygens (including phenoxy) is 1. The van der Waals surface area contributed by atoms with E-state index < -0.39 is 64.9 Å². The second-order valence-electron chi connectivity index (χ2n) is 14.0. The molecule has 0 saturated carbocycles. The second kappa shape index (κ2) is 16.5. The second-order valence-corrected chi connectivity index (χ2v) is 14.0. The minimum Gasteiger partial charge on any atom is -0.466 e. The molecule has 2 atom stereocenters. The van der Waals surface area contributed by atoms with Crippen molar-refractivity contribution in [3.63, 3.8) is 0 Å². The number of likely N-dealkylation sites (tertiary alicyclic amines) is 1. The third-order valence-corrected chi connectivity index (χ3v) is 9.37. The van der Waals surface area contributed by atoms with Crippen LogP contribution in [0, 0.1) is 45.2 Å². The summed E-state index contributed by atoms with van der Waals surface area (Å²) < 4.78 is 81.2. The van der Waals surface area contributed by atoms with Gasteiger partial charge in [0.25, 0.3) is 5.56 Å². The summed E-state index contributed by atoms with van der Waals surface area (Å²) in [6.07, 6.45) is -2.86. The molecule has 1 aliphatic rings. The summed E-state index contributed by atoms with van der Waals surface area (Å²) >= 11 is 0. The summed E-state index contributed by atoms with van der Waals surface area (Å²) in [7, 11) is 0. The first-order chi connectivity index (χ1) is 23.9. The summed E-state index contributed by atoms with van der Waals surface area (Å²) in [6, 6.07) is 2.71. The van der Waals surface area contributed by atoms with Crippen LogP contribution in [-0.4, -0.2) is 47.6 Å². The van der Waals surface area contributed by atoms with Gasteiger partial charge in [-0.2, -0.15) is 13.2 Å². The molecule has 1 aliphatic heterocycles. The minimum absolute atomic E-state index is 0.0161. The molecule has 2 heterocycles. The summed E-state index contributed by atoms with van der Waals surface area (Å²) in [5, 5.41) is 2.61. The van der Waals surface area contributed by atoms with Crippen LogP contribution in [0.5, 0.6) is 0 Å². The van der Waals surface area contributed by atoms with Crippen LogP contribution in [-0.2, 0) is 26.9 Å². The monoisotopic (exact) mass is 717 g/mol. The third-order valence-electron chi connectivity index (χ3n) is 9.37. The highest BCUT2D eigenvalue weighted by Gasteiger charge is 2.36. The summed E-state index contributed by atoms with van der Waals surface area (Å²) in [5.41, 5.74) is 0.354. The van der Waals surface area contributed by atoms with E-state index in [2.05, 4.69) is 10.2 Å². The van der Waals surface area contributed by atoms with Crippen LogP contribution in [0.25, 0.3) is 11.1 Å². The number of nitrogens with zero attached hydrogens (tertiary/aromatic N) is 2. The van der Waals surface area contributed by atoms with Crippen molar-refractivity contribution in [2.24, 2.45) is 5.92 Å². The van der Waals surface area contributed by atoms with E-state index in [0.717, 1.165) is 47.0 Å². The number of amides is 1. The molecule has 3 aromatic rings. The molecule has 0 aliphatic carbocycles. The number of benzene rings is 2. The highest BCUT2D eigenvalue weighted by molar-refractivity contribution is 5.82. The molecular weight excluding hydrogens is 669 g/mol. The van der Waals surface area contributed by atoms with Gasteiger partial charge in [-0.1, -0.05) is 31.5 Å². The standard InChI is InChI=1S/C39H48F5N3O4/c1-8-51-33(49)20-30(35-36(40)26(7)18-28(37(35)41)34-24(5)16-23(4)17-25(34)6)45-38(50)31(15-22(2)3)47-21-27(11-9-12-46-13-10-14-46)29(19-32(47)48)39(42,43)44/h16-19,21-22,30-31H,8-15,20H2,1-7H3,(H,45,50)/t30-,31?/m0/s1. The maximum absolute atomic E-state index is 16.7. The maximum atomic E-state index is 16.7. The van der Waals surface area contributed by atoms with Crippen LogP contribution in [0.3, 0.4) is 0 Å². The molecule has 4 rings (SSSR count). The Kier molecular flexibility index (Phi) is 12.9. The number of esters is 1. The molecule has 2 aromatic carbocycles. The molecule has 0 bridgehead atoms. The Balaban J connectivity index is 1.82. The molecule has 1 N–H and O–H groups in total. The Morgan fingerprint density at radius 3 is 2.16 bits per heavy atom.